The van der Waals surface area contributed by atoms with Gasteiger partial charge in [-0.3, -0.25) is 9.88 Å². The molecule has 128 valence electrons. The Labute approximate surface area is 150 Å². The molecule has 0 bridgehead atoms. The molecule has 0 aromatic carbocycles. The number of rotatable bonds is 3. The highest BCUT2D eigenvalue weighted by molar-refractivity contribution is 7.13. The maximum atomic E-state index is 6.32. The number of imidazole rings is 1. The molecule has 5 heterocycles. The van der Waals surface area contributed by atoms with Gasteiger partial charge in [0, 0.05) is 32.0 Å². The van der Waals surface area contributed by atoms with Gasteiger partial charge in [0.15, 0.2) is 0 Å². The van der Waals surface area contributed by atoms with E-state index in [2.05, 4.69) is 49.1 Å². The molecule has 3 aromatic rings. The van der Waals surface area contributed by atoms with E-state index in [1.165, 1.54) is 16.1 Å². The van der Waals surface area contributed by atoms with Gasteiger partial charge in [0.25, 0.3) is 0 Å². The predicted molar refractivity (Wildman–Crippen MR) is 97.2 cm³/mol. The second-order valence-electron chi connectivity index (χ2n) is 6.91. The highest BCUT2D eigenvalue weighted by Crippen LogP contribution is 2.36. The molecule has 2 aliphatic rings. The smallest absolute Gasteiger partial charge is 0.135 e. The SMILES string of the molecule is c1csc(-c2cnc3n2C[C@@]2(CCN(Cc4ccncc4)C2)OC3)c1. The van der Waals surface area contributed by atoms with Gasteiger partial charge in [-0.2, -0.15) is 0 Å². The number of nitrogens with zero attached hydrogens (tertiary/aromatic N) is 4. The molecule has 0 saturated carbocycles. The fraction of sp³-hybridized carbons (Fsp3) is 0.368. The first kappa shape index (κ1) is 15.3. The molecule has 1 atom stereocenters. The van der Waals surface area contributed by atoms with Crippen LogP contribution in [0.5, 0.6) is 0 Å². The fourth-order valence-electron chi connectivity index (χ4n) is 3.93. The van der Waals surface area contributed by atoms with E-state index in [0.717, 1.165) is 38.4 Å². The summed E-state index contributed by atoms with van der Waals surface area (Å²) in [5.41, 5.74) is 2.44. The van der Waals surface area contributed by atoms with Gasteiger partial charge in [-0.1, -0.05) is 6.07 Å². The van der Waals surface area contributed by atoms with Crippen LogP contribution >= 0.6 is 11.3 Å². The van der Waals surface area contributed by atoms with Crippen molar-refractivity contribution in [2.45, 2.75) is 31.7 Å². The van der Waals surface area contributed by atoms with Crippen molar-refractivity contribution in [1.29, 1.82) is 0 Å². The van der Waals surface area contributed by atoms with Gasteiger partial charge in [-0.25, -0.2) is 4.98 Å². The third-order valence-corrected chi connectivity index (χ3v) is 6.11. The summed E-state index contributed by atoms with van der Waals surface area (Å²) in [5.74, 6) is 1.04. The van der Waals surface area contributed by atoms with E-state index in [-0.39, 0.29) is 5.60 Å². The van der Waals surface area contributed by atoms with Gasteiger partial charge in [-0.15, -0.1) is 11.3 Å². The van der Waals surface area contributed by atoms with E-state index in [1.54, 1.807) is 11.3 Å². The van der Waals surface area contributed by atoms with E-state index in [4.69, 9.17) is 4.74 Å². The highest BCUT2D eigenvalue weighted by atomic mass is 32.1. The zero-order valence-corrected chi connectivity index (χ0v) is 14.8. The van der Waals surface area contributed by atoms with E-state index < -0.39 is 0 Å². The Kier molecular flexibility index (Phi) is 3.69. The summed E-state index contributed by atoms with van der Waals surface area (Å²) >= 11 is 1.77. The van der Waals surface area contributed by atoms with Crippen LogP contribution in [-0.2, 0) is 24.4 Å². The van der Waals surface area contributed by atoms with Gasteiger partial charge < -0.3 is 9.30 Å². The summed E-state index contributed by atoms with van der Waals surface area (Å²) in [6.45, 7) is 4.50. The molecule has 2 aliphatic heterocycles. The largest absolute Gasteiger partial charge is 0.364 e. The van der Waals surface area contributed by atoms with Crippen molar-refractivity contribution >= 4 is 11.3 Å². The lowest BCUT2D eigenvalue weighted by atomic mass is 10.0. The molecule has 1 fully saturated rings. The zero-order chi connectivity index (χ0) is 16.7. The van der Waals surface area contributed by atoms with Gasteiger partial charge in [0.2, 0.25) is 0 Å². The topological polar surface area (TPSA) is 43.2 Å². The van der Waals surface area contributed by atoms with Gasteiger partial charge >= 0.3 is 0 Å². The summed E-state index contributed by atoms with van der Waals surface area (Å²) < 4.78 is 8.68. The maximum absolute atomic E-state index is 6.32. The first-order valence-corrected chi connectivity index (χ1v) is 9.53. The first-order valence-electron chi connectivity index (χ1n) is 8.65. The molecule has 0 aliphatic carbocycles. The number of ether oxygens (including phenoxy) is 1. The highest BCUT2D eigenvalue weighted by Gasteiger charge is 2.43. The Morgan fingerprint density at radius 2 is 2.12 bits per heavy atom. The molecule has 0 radical (unpaired) electrons. The second kappa shape index (κ2) is 6.05. The molecule has 5 nitrogen and oxygen atoms in total. The average molecular weight is 352 g/mol. The van der Waals surface area contributed by atoms with Crippen molar-refractivity contribution < 1.29 is 4.74 Å². The van der Waals surface area contributed by atoms with E-state index >= 15 is 0 Å². The lowest BCUT2D eigenvalue weighted by Gasteiger charge is -2.35. The van der Waals surface area contributed by atoms with Crippen molar-refractivity contribution in [2.75, 3.05) is 13.1 Å². The molecule has 1 saturated heterocycles. The van der Waals surface area contributed by atoms with Gasteiger partial charge in [0.05, 0.1) is 23.3 Å². The summed E-state index contributed by atoms with van der Waals surface area (Å²) in [5, 5.41) is 2.12. The minimum atomic E-state index is -0.0905. The first-order chi connectivity index (χ1) is 12.3. The third-order valence-electron chi connectivity index (χ3n) is 5.22. The molecule has 3 aromatic heterocycles. The molecule has 1 spiro atoms. The average Bonchev–Trinajstić information content (AvgIpc) is 3.36. The number of thiophene rings is 1. The molecular weight excluding hydrogens is 332 g/mol. The van der Waals surface area contributed by atoms with Crippen LogP contribution < -0.4 is 0 Å². The van der Waals surface area contributed by atoms with Crippen molar-refractivity contribution in [1.82, 2.24) is 19.4 Å². The third kappa shape index (κ3) is 2.80. The molecule has 6 heteroatoms. The lowest BCUT2D eigenvalue weighted by molar-refractivity contribution is -0.0821. The number of pyridine rings is 1. The Balaban J connectivity index is 1.36. The second-order valence-corrected chi connectivity index (χ2v) is 7.86. The molecule has 25 heavy (non-hydrogen) atoms. The zero-order valence-electron chi connectivity index (χ0n) is 14.0. The molecule has 0 N–H and O–H groups in total. The number of fused-ring (bicyclic) bond motifs is 1. The Morgan fingerprint density at radius 1 is 1.20 bits per heavy atom. The Hall–Kier alpha value is -2.02. The van der Waals surface area contributed by atoms with E-state index in [1.807, 2.05) is 18.6 Å². The number of hydrogen-bond donors (Lipinski definition) is 0. The van der Waals surface area contributed by atoms with Crippen molar-refractivity contribution in [2.24, 2.45) is 0 Å². The monoisotopic (exact) mass is 352 g/mol. The van der Waals surface area contributed by atoms with Crippen molar-refractivity contribution in [3.8, 4) is 10.6 Å². The number of hydrogen-bond acceptors (Lipinski definition) is 5. The molecule has 0 amide bonds. The molecule has 5 rings (SSSR count). The van der Waals surface area contributed by atoms with Crippen LogP contribution in [0.4, 0.5) is 0 Å². The lowest BCUT2D eigenvalue weighted by Crippen LogP contribution is -2.44. The summed E-state index contributed by atoms with van der Waals surface area (Å²) in [4.78, 5) is 12.5. The minimum Gasteiger partial charge on any atom is -0.364 e. The Bertz CT molecular complexity index is 861. The fourth-order valence-corrected chi connectivity index (χ4v) is 4.68. The summed E-state index contributed by atoms with van der Waals surface area (Å²) in [6.07, 6.45) is 6.79. The van der Waals surface area contributed by atoms with Crippen LogP contribution in [0.25, 0.3) is 10.6 Å². The number of likely N-dealkylation sites (tertiary alicyclic amines) is 1. The quantitative estimate of drug-likeness (QED) is 0.726. The van der Waals surface area contributed by atoms with Gasteiger partial charge in [0.1, 0.15) is 18.0 Å². The van der Waals surface area contributed by atoms with Crippen molar-refractivity contribution in [3.63, 3.8) is 0 Å². The van der Waals surface area contributed by atoms with Crippen LogP contribution in [0.2, 0.25) is 0 Å². The standard InChI is InChI=1S/C19H20N4OS/c1-2-17(25-9-1)16-10-21-18-12-24-19(14-23(16)18)5-8-22(13-19)11-15-3-6-20-7-4-15/h1-4,6-7,9-10H,5,8,11-14H2/t19-/m0/s1. The summed E-state index contributed by atoms with van der Waals surface area (Å²) in [6, 6.07) is 8.45. The Morgan fingerprint density at radius 3 is 2.96 bits per heavy atom. The number of aromatic nitrogens is 3. The molecule has 0 unspecified atom stereocenters. The van der Waals surface area contributed by atoms with Gasteiger partial charge in [-0.05, 0) is 35.6 Å². The van der Waals surface area contributed by atoms with Crippen LogP contribution in [0, 0.1) is 0 Å². The van der Waals surface area contributed by atoms with Crippen molar-refractivity contribution in [3.05, 3.63) is 59.6 Å². The summed E-state index contributed by atoms with van der Waals surface area (Å²) in [7, 11) is 0. The minimum absolute atomic E-state index is 0.0905. The normalized spacial score (nSPS) is 23.2. The van der Waals surface area contributed by atoms with E-state index in [0.29, 0.717) is 6.61 Å². The van der Waals surface area contributed by atoms with Crippen LogP contribution in [0.3, 0.4) is 0 Å². The predicted octanol–water partition coefficient (Wildman–Crippen LogP) is 3.18. The maximum Gasteiger partial charge on any atom is 0.135 e. The van der Waals surface area contributed by atoms with Crippen LogP contribution in [0.1, 0.15) is 17.8 Å². The van der Waals surface area contributed by atoms with E-state index in [9.17, 15) is 0 Å². The van der Waals surface area contributed by atoms with Crippen LogP contribution in [-0.4, -0.2) is 38.1 Å². The van der Waals surface area contributed by atoms with Crippen LogP contribution in [0.15, 0.2) is 48.2 Å². The molecular formula is C19H20N4OS.